The smallest absolute Gasteiger partial charge is 0.418 e. The first-order valence-electron chi connectivity index (χ1n) is 18.9. The third-order valence-electron chi connectivity index (χ3n) is 11.9. The summed E-state index contributed by atoms with van der Waals surface area (Å²) in [6, 6.07) is 11.5. The quantitative estimate of drug-likeness (QED) is 0.141. The number of aromatic amines is 1. The average Bonchev–Trinajstić information content (AvgIpc) is 3.64. The lowest BCUT2D eigenvalue weighted by molar-refractivity contribution is -0.139. The second kappa shape index (κ2) is 14.2. The van der Waals surface area contributed by atoms with Gasteiger partial charge in [0.1, 0.15) is 23.2 Å². The molecular formula is C40H47F3N6O4. The second-order valence-corrected chi connectivity index (χ2v) is 15.7. The number of halogens is 3. The number of carboxylic acids is 1. The van der Waals surface area contributed by atoms with Crippen molar-refractivity contribution in [1.29, 1.82) is 0 Å². The molecule has 2 N–H and O–H groups in total. The number of nitrogens with one attached hydrogen (secondary N) is 1. The minimum atomic E-state index is -4.52. The predicted molar refractivity (Wildman–Crippen MR) is 195 cm³/mol. The van der Waals surface area contributed by atoms with Crippen molar-refractivity contribution in [3.8, 4) is 28.4 Å². The van der Waals surface area contributed by atoms with Crippen LogP contribution in [0.2, 0.25) is 0 Å². The minimum absolute atomic E-state index is 0.0243. The number of aliphatic carboxylic acids is 1. The molecule has 5 heterocycles. The monoisotopic (exact) mass is 732 g/mol. The average molecular weight is 733 g/mol. The van der Waals surface area contributed by atoms with Crippen LogP contribution >= 0.6 is 0 Å². The number of carbonyl (C=O) groups is 1. The number of methoxy groups -OCH3 is 1. The van der Waals surface area contributed by atoms with Gasteiger partial charge >= 0.3 is 12.1 Å². The van der Waals surface area contributed by atoms with Crippen LogP contribution in [0, 0.1) is 5.41 Å². The Labute approximate surface area is 307 Å². The molecule has 0 amide bonds. The van der Waals surface area contributed by atoms with Crippen LogP contribution in [0.15, 0.2) is 42.6 Å². The van der Waals surface area contributed by atoms with Gasteiger partial charge in [0.25, 0.3) is 0 Å². The maximum absolute atomic E-state index is 14.3. The van der Waals surface area contributed by atoms with Crippen molar-refractivity contribution in [3.63, 3.8) is 0 Å². The molecule has 53 heavy (non-hydrogen) atoms. The molecule has 3 aromatic heterocycles. The van der Waals surface area contributed by atoms with E-state index in [1.807, 2.05) is 37.4 Å². The van der Waals surface area contributed by atoms with Gasteiger partial charge in [0.05, 0.1) is 35.7 Å². The number of anilines is 1. The van der Waals surface area contributed by atoms with Gasteiger partial charge in [-0.05, 0) is 87.8 Å². The Bertz CT molecular complexity index is 1940. The highest BCUT2D eigenvalue weighted by atomic mass is 19.4. The first-order chi connectivity index (χ1) is 25.5. The van der Waals surface area contributed by atoms with E-state index in [-0.39, 0.29) is 29.6 Å². The summed E-state index contributed by atoms with van der Waals surface area (Å²) in [7, 11) is 3.74. The summed E-state index contributed by atoms with van der Waals surface area (Å²) >= 11 is 0. The van der Waals surface area contributed by atoms with E-state index in [1.165, 1.54) is 12.3 Å². The SMILES string of the molecule is COCC1(CN(C)c2cc(-c3cnc(C4CC4)c(C(F)(F)F)c3)nc3nc(-c4ccc(OC5C[C@H]6CC[C@@H](C5)N6CCC(=O)O)cc4)[nH]c23)CCCC1. The molecule has 2 bridgehead atoms. The van der Waals surface area contributed by atoms with Gasteiger partial charge in [-0.15, -0.1) is 0 Å². The lowest BCUT2D eigenvalue weighted by Gasteiger charge is -2.38. The van der Waals surface area contributed by atoms with Crippen LogP contribution in [0.25, 0.3) is 33.8 Å². The zero-order valence-corrected chi connectivity index (χ0v) is 30.3. The Balaban J connectivity index is 1.08. The number of H-pyrrole nitrogens is 1. The van der Waals surface area contributed by atoms with Gasteiger partial charge in [-0.25, -0.2) is 9.97 Å². The van der Waals surface area contributed by atoms with Gasteiger partial charge in [-0.1, -0.05) is 12.8 Å². The normalized spacial score (nSPS) is 22.8. The summed E-state index contributed by atoms with van der Waals surface area (Å²) < 4.78 is 54.9. The van der Waals surface area contributed by atoms with Crippen LogP contribution in [0.3, 0.4) is 0 Å². The predicted octanol–water partition coefficient (Wildman–Crippen LogP) is 8.08. The minimum Gasteiger partial charge on any atom is -0.490 e. The van der Waals surface area contributed by atoms with Gasteiger partial charge in [0, 0.05) is 68.0 Å². The highest BCUT2D eigenvalue weighted by Gasteiger charge is 2.42. The summed E-state index contributed by atoms with van der Waals surface area (Å²) in [5, 5.41) is 9.16. The molecule has 4 aliphatic rings. The number of carboxylic acid groups (broad SMARTS) is 1. The maximum Gasteiger partial charge on any atom is 0.418 e. The molecule has 13 heteroatoms. The fourth-order valence-corrected chi connectivity index (χ4v) is 9.24. The molecule has 8 rings (SSSR count). The van der Waals surface area contributed by atoms with Crippen molar-refractivity contribution in [2.45, 2.75) is 101 Å². The Hall–Kier alpha value is -4.23. The number of fused-ring (bicyclic) bond motifs is 3. The molecule has 282 valence electrons. The number of benzene rings is 1. The van der Waals surface area contributed by atoms with Crippen molar-refractivity contribution < 1.29 is 32.5 Å². The van der Waals surface area contributed by atoms with Gasteiger partial charge in [0.15, 0.2) is 5.65 Å². The number of hydrogen-bond donors (Lipinski definition) is 2. The van der Waals surface area contributed by atoms with Crippen LogP contribution in [0.5, 0.6) is 5.75 Å². The van der Waals surface area contributed by atoms with E-state index < -0.39 is 17.7 Å². The molecule has 0 radical (unpaired) electrons. The number of pyridine rings is 2. The molecule has 10 nitrogen and oxygen atoms in total. The maximum atomic E-state index is 14.3. The lowest BCUT2D eigenvalue weighted by atomic mass is 9.86. The van der Waals surface area contributed by atoms with Gasteiger partial charge in [-0.2, -0.15) is 13.2 Å². The largest absolute Gasteiger partial charge is 0.490 e. The summed E-state index contributed by atoms with van der Waals surface area (Å²) in [5.41, 5.74) is 2.84. The Morgan fingerprint density at radius 1 is 1.04 bits per heavy atom. The van der Waals surface area contributed by atoms with Crippen LogP contribution in [0.1, 0.15) is 87.8 Å². The lowest BCUT2D eigenvalue weighted by Crippen LogP contribution is -2.46. The molecule has 2 saturated carbocycles. The zero-order valence-electron chi connectivity index (χ0n) is 30.3. The zero-order chi connectivity index (χ0) is 36.9. The molecule has 1 unspecified atom stereocenters. The van der Waals surface area contributed by atoms with E-state index in [4.69, 9.17) is 24.5 Å². The van der Waals surface area contributed by atoms with Crippen LogP contribution in [-0.2, 0) is 15.7 Å². The molecule has 2 aliphatic carbocycles. The fourth-order valence-electron chi connectivity index (χ4n) is 9.24. The number of ether oxygens (including phenoxy) is 2. The number of hydrogen-bond acceptors (Lipinski definition) is 8. The third kappa shape index (κ3) is 7.47. The molecule has 2 aliphatic heterocycles. The first-order valence-corrected chi connectivity index (χ1v) is 18.9. The van der Waals surface area contributed by atoms with Crippen molar-refractivity contribution in [2.75, 3.05) is 38.8 Å². The van der Waals surface area contributed by atoms with E-state index in [2.05, 4.69) is 19.8 Å². The molecule has 4 fully saturated rings. The van der Waals surface area contributed by atoms with Crippen LogP contribution < -0.4 is 9.64 Å². The fraction of sp³-hybridized carbons (Fsp3) is 0.550. The number of nitrogens with zero attached hydrogens (tertiary/aromatic N) is 5. The van der Waals surface area contributed by atoms with Crippen molar-refractivity contribution >= 4 is 22.8 Å². The topological polar surface area (TPSA) is 117 Å². The summed E-state index contributed by atoms with van der Waals surface area (Å²) in [4.78, 5) is 33.2. The number of alkyl halides is 3. The standard InChI is InChI=1S/C40H47F3N6O4/c1-48(22-39(23-52-2)14-3-4-15-39)33-20-32(26-17-31(40(41,42)43)35(44-21-26)24-5-6-24)45-38-36(33)46-37(47-38)25-7-11-29(12-8-25)53-30-18-27-9-10-28(19-30)49(27)16-13-34(50)51/h7-8,11-12,17,20-21,24,27-28,30H,3-6,9-10,13-16,18-19,22-23H2,1-2H3,(H,50,51)(H,45,46,47)/t27-,28+,30?. The molecule has 0 spiro atoms. The van der Waals surface area contributed by atoms with E-state index in [0.717, 1.165) is 81.2 Å². The summed E-state index contributed by atoms with van der Waals surface area (Å²) in [5.74, 6) is 0.449. The van der Waals surface area contributed by atoms with Gasteiger partial charge < -0.3 is 24.5 Å². The molecule has 2 saturated heterocycles. The number of imidazole rings is 1. The van der Waals surface area contributed by atoms with E-state index in [9.17, 15) is 18.0 Å². The number of piperidine rings is 1. The van der Waals surface area contributed by atoms with E-state index in [1.54, 1.807) is 7.11 Å². The van der Waals surface area contributed by atoms with Crippen molar-refractivity contribution in [2.24, 2.45) is 5.41 Å². The third-order valence-corrected chi connectivity index (χ3v) is 11.9. The molecule has 1 aromatic carbocycles. The van der Waals surface area contributed by atoms with E-state index >= 15 is 0 Å². The molecule has 4 aromatic rings. The van der Waals surface area contributed by atoms with Crippen molar-refractivity contribution in [1.82, 2.24) is 24.8 Å². The van der Waals surface area contributed by atoms with Crippen LogP contribution in [-0.4, -0.2) is 88.0 Å². The highest BCUT2D eigenvalue weighted by Crippen LogP contribution is 2.46. The molecule has 3 atom stereocenters. The second-order valence-electron chi connectivity index (χ2n) is 15.7. The van der Waals surface area contributed by atoms with Gasteiger partial charge in [0.2, 0.25) is 0 Å². The Morgan fingerprint density at radius 3 is 2.40 bits per heavy atom. The number of aromatic nitrogens is 4. The van der Waals surface area contributed by atoms with Gasteiger partial charge in [-0.3, -0.25) is 14.7 Å². The Morgan fingerprint density at radius 2 is 1.75 bits per heavy atom. The van der Waals surface area contributed by atoms with E-state index in [0.29, 0.717) is 60.0 Å². The number of rotatable bonds is 13. The first kappa shape index (κ1) is 35.8. The molecular weight excluding hydrogens is 685 g/mol. The van der Waals surface area contributed by atoms with Crippen molar-refractivity contribution in [3.05, 3.63) is 53.9 Å². The summed E-state index contributed by atoms with van der Waals surface area (Å²) in [6.45, 7) is 1.93. The Kier molecular flexibility index (Phi) is 9.59. The van der Waals surface area contributed by atoms with Crippen LogP contribution in [0.4, 0.5) is 18.9 Å². The highest BCUT2D eigenvalue weighted by molar-refractivity contribution is 5.91. The summed E-state index contributed by atoms with van der Waals surface area (Å²) in [6.07, 6.45) is 6.91.